The van der Waals surface area contributed by atoms with Gasteiger partial charge in [0.15, 0.2) is 17.3 Å². The Kier molecular flexibility index (Phi) is 5.63. The molecular weight excluding hydrogens is 316 g/mol. The second-order valence-electron chi connectivity index (χ2n) is 4.68. The molecule has 0 aliphatic heterocycles. The maximum atomic E-state index is 12.3. The molecule has 0 fully saturated rings. The monoisotopic (exact) mass is 329 g/mol. The third-order valence-corrected chi connectivity index (χ3v) is 3.13. The van der Waals surface area contributed by atoms with Crippen LogP contribution in [0.1, 0.15) is 21.5 Å². The first-order valence-electron chi connectivity index (χ1n) is 6.89. The maximum Gasteiger partial charge on any atom is 0.387 e. The molecule has 122 valence electrons. The largest absolute Gasteiger partial charge is 0.493 e. The number of ketones is 1. The summed E-state index contributed by atoms with van der Waals surface area (Å²) in [5.41, 5.74) is 1.56. The molecule has 2 aromatic rings. The molecule has 0 saturated carbocycles. The molecule has 0 spiro atoms. The van der Waals surface area contributed by atoms with Crippen molar-refractivity contribution in [3.05, 3.63) is 65.2 Å². The minimum Gasteiger partial charge on any atom is -0.493 e. The van der Waals surface area contributed by atoms with E-state index in [1.807, 2.05) is 6.07 Å². The van der Waals surface area contributed by atoms with E-state index < -0.39 is 6.61 Å². The van der Waals surface area contributed by atoms with E-state index in [4.69, 9.17) is 10.00 Å². The van der Waals surface area contributed by atoms with E-state index in [0.717, 1.165) is 5.56 Å². The zero-order valence-electron chi connectivity index (χ0n) is 12.7. The van der Waals surface area contributed by atoms with Crippen LogP contribution in [0.2, 0.25) is 0 Å². The number of benzene rings is 2. The number of methoxy groups -OCH3 is 1. The number of allylic oxidation sites excluding steroid dienone is 1. The molecule has 2 rings (SSSR count). The van der Waals surface area contributed by atoms with Crippen molar-refractivity contribution in [3.63, 3.8) is 0 Å². The molecule has 0 amide bonds. The van der Waals surface area contributed by atoms with Gasteiger partial charge in [-0.3, -0.25) is 4.79 Å². The molecule has 0 atom stereocenters. The summed E-state index contributed by atoms with van der Waals surface area (Å²) in [4.78, 5) is 12.2. The number of ether oxygens (including phenoxy) is 2. The smallest absolute Gasteiger partial charge is 0.387 e. The SMILES string of the molecule is COc1cc(C(=O)/C=C/c2ccc(C#N)cc2)ccc1OC(F)F. The van der Waals surface area contributed by atoms with Crippen LogP contribution in [-0.2, 0) is 0 Å². The average Bonchev–Trinajstić information content (AvgIpc) is 2.60. The van der Waals surface area contributed by atoms with E-state index in [9.17, 15) is 13.6 Å². The van der Waals surface area contributed by atoms with Crippen LogP contribution in [0.15, 0.2) is 48.5 Å². The number of hydrogen-bond donors (Lipinski definition) is 0. The highest BCUT2D eigenvalue weighted by atomic mass is 19.3. The van der Waals surface area contributed by atoms with Crippen molar-refractivity contribution >= 4 is 11.9 Å². The van der Waals surface area contributed by atoms with Gasteiger partial charge in [-0.1, -0.05) is 18.2 Å². The summed E-state index contributed by atoms with van der Waals surface area (Å²) in [7, 11) is 1.30. The Morgan fingerprint density at radius 3 is 2.46 bits per heavy atom. The Bertz CT molecular complexity index is 793. The first-order valence-corrected chi connectivity index (χ1v) is 6.89. The molecule has 0 aliphatic carbocycles. The molecule has 0 aromatic heterocycles. The van der Waals surface area contributed by atoms with Gasteiger partial charge in [-0.25, -0.2) is 0 Å². The van der Waals surface area contributed by atoms with Gasteiger partial charge in [0, 0.05) is 5.56 Å². The van der Waals surface area contributed by atoms with E-state index in [1.54, 1.807) is 30.3 Å². The van der Waals surface area contributed by atoms with Gasteiger partial charge < -0.3 is 9.47 Å². The molecular formula is C18H13F2NO3. The van der Waals surface area contributed by atoms with Crippen molar-refractivity contribution in [3.8, 4) is 17.6 Å². The van der Waals surface area contributed by atoms with E-state index in [2.05, 4.69) is 4.74 Å². The van der Waals surface area contributed by atoms with Gasteiger partial charge in [-0.2, -0.15) is 14.0 Å². The summed E-state index contributed by atoms with van der Waals surface area (Å²) in [6.45, 7) is -2.98. The molecule has 0 radical (unpaired) electrons. The van der Waals surface area contributed by atoms with Crippen LogP contribution in [0, 0.1) is 11.3 Å². The molecule has 4 nitrogen and oxygen atoms in total. The predicted molar refractivity (Wildman–Crippen MR) is 84.1 cm³/mol. The summed E-state index contributed by atoms with van der Waals surface area (Å²) in [5.74, 6) is -0.408. The van der Waals surface area contributed by atoms with E-state index in [-0.39, 0.29) is 22.8 Å². The van der Waals surface area contributed by atoms with Crippen LogP contribution >= 0.6 is 0 Å². The van der Waals surface area contributed by atoms with Crippen molar-refractivity contribution in [1.82, 2.24) is 0 Å². The fourth-order valence-corrected chi connectivity index (χ4v) is 1.95. The lowest BCUT2D eigenvalue weighted by atomic mass is 10.1. The molecule has 0 aliphatic rings. The Morgan fingerprint density at radius 1 is 1.17 bits per heavy atom. The second-order valence-corrected chi connectivity index (χ2v) is 4.68. The number of rotatable bonds is 6. The number of nitriles is 1. The van der Waals surface area contributed by atoms with E-state index in [0.29, 0.717) is 5.56 Å². The quantitative estimate of drug-likeness (QED) is 0.592. The number of halogens is 2. The van der Waals surface area contributed by atoms with Crippen LogP contribution in [0.25, 0.3) is 6.08 Å². The standard InChI is InChI=1S/C18H13F2NO3/c1-23-17-10-14(7-9-16(17)24-18(19)20)15(22)8-6-12-2-4-13(11-21)5-3-12/h2-10,18H,1H3/b8-6+. The van der Waals surface area contributed by atoms with Crippen LogP contribution in [0.4, 0.5) is 8.78 Å². The molecule has 6 heteroatoms. The van der Waals surface area contributed by atoms with Crippen molar-refractivity contribution in [2.45, 2.75) is 6.61 Å². The molecule has 0 heterocycles. The fraction of sp³-hybridized carbons (Fsp3) is 0.111. The number of hydrogen-bond acceptors (Lipinski definition) is 4. The van der Waals surface area contributed by atoms with Crippen molar-refractivity contribution in [1.29, 1.82) is 5.26 Å². The van der Waals surface area contributed by atoms with Gasteiger partial charge in [-0.15, -0.1) is 0 Å². The van der Waals surface area contributed by atoms with Crippen molar-refractivity contribution in [2.75, 3.05) is 7.11 Å². The Hall–Kier alpha value is -3.20. The van der Waals surface area contributed by atoms with Gasteiger partial charge in [-0.05, 0) is 42.0 Å². The van der Waals surface area contributed by atoms with Gasteiger partial charge >= 0.3 is 6.61 Å². The topological polar surface area (TPSA) is 59.3 Å². The van der Waals surface area contributed by atoms with Crippen LogP contribution in [0.5, 0.6) is 11.5 Å². The average molecular weight is 329 g/mol. The molecule has 2 aromatic carbocycles. The van der Waals surface area contributed by atoms with Gasteiger partial charge in [0.1, 0.15) is 0 Å². The van der Waals surface area contributed by atoms with Gasteiger partial charge in [0.05, 0.1) is 18.7 Å². The maximum absolute atomic E-state index is 12.3. The summed E-state index contributed by atoms with van der Waals surface area (Å²) in [6.07, 6.45) is 2.95. The number of carbonyl (C=O) groups excluding carboxylic acids is 1. The molecule has 0 saturated heterocycles. The highest BCUT2D eigenvalue weighted by molar-refractivity contribution is 6.07. The Morgan fingerprint density at radius 2 is 1.88 bits per heavy atom. The lowest BCUT2D eigenvalue weighted by molar-refractivity contribution is -0.0512. The summed E-state index contributed by atoms with van der Waals surface area (Å²) >= 11 is 0. The number of nitrogens with zero attached hydrogens (tertiary/aromatic N) is 1. The predicted octanol–water partition coefficient (Wildman–Crippen LogP) is 4.06. The van der Waals surface area contributed by atoms with E-state index in [1.165, 1.54) is 31.4 Å². The van der Waals surface area contributed by atoms with Crippen LogP contribution in [0.3, 0.4) is 0 Å². The second kappa shape index (κ2) is 7.88. The van der Waals surface area contributed by atoms with Gasteiger partial charge in [0.2, 0.25) is 0 Å². The summed E-state index contributed by atoms with van der Waals surface area (Å²) < 4.78 is 33.8. The van der Waals surface area contributed by atoms with Crippen molar-refractivity contribution in [2.24, 2.45) is 0 Å². The zero-order valence-corrected chi connectivity index (χ0v) is 12.7. The minimum absolute atomic E-state index is 0.0490. The number of alkyl halides is 2. The lowest BCUT2D eigenvalue weighted by Gasteiger charge is -2.10. The summed E-state index contributed by atoms with van der Waals surface area (Å²) in [6, 6.07) is 12.7. The van der Waals surface area contributed by atoms with Gasteiger partial charge in [0.25, 0.3) is 0 Å². The van der Waals surface area contributed by atoms with Crippen LogP contribution < -0.4 is 9.47 Å². The number of carbonyl (C=O) groups is 1. The highest BCUT2D eigenvalue weighted by Crippen LogP contribution is 2.29. The lowest BCUT2D eigenvalue weighted by Crippen LogP contribution is -2.04. The Labute approximate surface area is 137 Å². The third kappa shape index (κ3) is 4.40. The summed E-state index contributed by atoms with van der Waals surface area (Å²) in [5, 5.41) is 8.73. The molecule has 24 heavy (non-hydrogen) atoms. The first kappa shape index (κ1) is 17.2. The minimum atomic E-state index is -2.98. The molecule has 0 unspecified atom stereocenters. The fourth-order valence-electron chi connectivity index (χ4n) is 1.95. The Balaban J connectivity index is 2.16. The molecule has 0 N–H and O–H groups in total. The van der Waals surface area contributed by atoms with E-state index >= 15 is 0 Å². The first-order chi connectivity index (χ1) is 11.5. The molecule has 0 bridgehead atoms. The zero-order chi connectivity index (χ0) is 17.5. The highest BCUT2D eigenvalue weighted by Gasteiger charge is 2.13. The third-order valence-electron chi connectivity index (χ3n) is 3.13. The van der Waals surface area contributed by atoms with Crippen molar-refractivity contribution < 1.29 is 23.0 Å². The van der Waals surface area contributed by atoms with Crippen LogP contribution in [-0.4, -0.2) is 19.5 Å². The normalized spacial score (nSPS) is 10.6.